The maximum atomic E-state index is 13.6. The Kier molecular flexibility index (Phi) is 8.61. The molecule has 0 unspecified atom stereocenters. The zero-order valence-electron chi connectivity index (χ0n) is 23.6. The molecule has 0 spiro atoms. The molecule has 2 heterocycles. The molecule has 0 aromatic heterocycles. The molecule has 226 valence electrons. The molecular formula is C32H34F3N5O3. The lowest BCUT2D eigenvalue weighted by Gasteiger charge is -2.35. The van der Waals surface area contributed by atoms with E-state index in [0.717, 1.165) is 40.1 Å². The number of amides is 4. The van der Waals surface area contributed by atoms with Crippen LogP contribution in [0.5, 0.6) is 0 Å². The second-order valence-electron chi connectivity index (χ2n) is 11.1. The maximum Gasteiger partial charge on any atom is 0.416 e. The zero-order valence-corrected chi connectivity index (χ0v) is 23.6. The Morgan fingerprint density at radius 1 is 0.930 bits per heavy atom. The number of anilines is 1. The van der Waals surface area contributed by atoms with Gasteiger partial charge in [-0.3, -0.25) is 9.59 Å². The molecule has 2 atom stereocenters. The number of nitrogens with one attached hydrogen (secondary N) is 1. The summed E-state index contributed by atoms with van der Waals surface area (Å²) in [5.74, 6) is -1.10. The molecule has 2 aliphatic heterocycles. The van der Waals surface area contributed by atoms with E-state index in [9.17, 15) is 27.6 Å². The second-order valence-corrected chi connectivity index (χ2v) is 11.1. The van der Waals surface area contributed by atoms with Crippen LogP contribution in [0.4, 0.5) is 23.7 Å². The molecule has 0 bridgehead atoms. The van der Waals surface area contributed by atoms with E-state index in [0.29, 0.717) is 44.5 Å². The Morgan fingerprint density at radius 3 is 2.28 bits per heavy atom. The third-order valence-corrected chi connectivity index (χ3v) is 8.31. The highest BCUT2D eigenvalue weighted by molar-refractivity contribution is 5.81. The fourth-order valence-electron chi connectivity index (χ4n) is 5.98. The molecule has 4 amide bonds. The predicted octanol–water partition coefficient (Wildman–Crippen LogP) is 4.76. The Balaban J connectivity index is 1.45. The Morgan fingerprint density at radius 2 is 1.65 bits per heavy atom. The molecule has 5 rings (SSSR count). The number of primary amides is 2. The van der Waals surface area contributed by atoms with E-state index >= 15 is 0 Å². The van der Waals surface area contributed by atoms with Gasteiger partial charge >= 0.3 is 12.2 Å². The van der Waals surface area contributed by atoms with E-state index in [-0.39, 0.29) is 30.8 Å². The van der Waals surface area contributed by atoms with Gasteiger partial charge in [0.05, 0.1) is 17.5 Å². The normalized spacial score (nSPS) is 17.3. The number of fused-ring (bicyclic) bond motifs is 1. The fourth-order valence-corrected chi connectivity index (χ4v) is 5.98. The van der Waals surface area contributed by atoms with Crippen molar-refractivity contribution in [2.75, 3.05) is 24.5 Å². The van der Waals surface area contributed by atoms with Gasteiger partial charge in [0.1, 0.15) is 0 Å². The van der Waals surface area contributed by atoms with Gasteiger partial charge in [-0.25, -0.2) is 4.79 Å². The largest absolute Gasteiger partial charge is 0.416 e. The van der Waals surface area contributed by atoms with Gasteiger partial charge in [0, 0.05) is 38.3 Å². The SMILES string of the molecule is NC(=O)CC[C@H](NC(=O)N1CCc2c(-c3ccc(C(F)(F)F)cc3)ccc(N3CC[C@@H](C(N)=O)C3)c2C1)c1ccccc1. The molecule has 0 aliphatic carbocycles. The van der Waals surface area contributed by atoms with Crippen molar-refractivity contribution >= 4 is 23.5 Å². The molecule has 0 saturated carbocycles. The van der Waals surface area contributed by atoms with Crippen LogP contribution in [0.15, 0.2) is 66.7 Å². The molecule has 8 nitrogen and oxygen atoms in total. The lowest BCUT2D eigenvalue weighted by molar-refractivity contribution is -0.137. The predicted molar refractivity (Wildman–Crippen MR) is 157 cm³/mol. The number of carbonyl (C=O) groups excluding carboxylic acids is 3. The number of urea groups is 1. The molecule has 5 N–H and O–H groups in total. The van der Waals surface area contributed by atoms with Crippen molar-refractivity contribution < 1.29 is 27.6 Å². The van der Waals surface area contributed by atoms with Crippen LogP contribution in [0, 0.1) is 5.92 Å². The van der Waals surface area contributed by atoms with Gasteiger partial charge in [0.15, 0.2) is 0 Å². The summed E-state index contributed by atoms with van der Waals surface area (Å²) in [6.45, 7) is 1.73. The van der Waals surface area contributed by atoms with Gasteiger partial charge in [-0.05, 0) is 65.3 Å². The third kappa shape index (κ3) is 6.76. The summed E-state index contributed by atoms with van der Waals surface area (Å²) in [6.07, 6.45) is -2.87. The average Bonchev–Trinajstić information content (AvgIpc) is 3.49. The van der Waals surface area contributed by atoms with Crippen molar-refractivity contribution in [3.63, 3.8) is 0 Å². The first-order valence-corrected chi connectivity index (χ1v) is 14.3. The molecule has 0 radical (unpaired) electrons. The number of nitrogens with zero attached hydrogens (tertiary/aromatic N) is 2. The van der Waals surface area contributed by atoms with Gasteiger partial charge in [0.25, 0.3) is 0 Å². The summed E-state index contributed by atoms with van der Waals surface area (Å²) < 4.78 is 39.6. The van der Waals surface area contributed by atoms with Crippen LogP contribution in [0.25, 0.3) is 11.1 Å². The van der Waals surface area contributed by atoms with Crippen molar-refractivity contribution in [1.29, 1.82) is 0 Å². The quantitative estimate of drug-likeness (QED) is 0.349. The smallest absolute Gasteiger partial charge is 0.370 e. The van der Waals surface area contributed by atoms with Gasteiger partial charge < -0.3 is 26.6 Å². The Bertz CT molecular complexity index is 1490. The molecule has 2 aliphatic rings. The van der Waals surface area contributed by atoms with Crippen molar-refractivity contribution in [2.45, 2.75) is 44.4 Å². The van der Waals surface area contributed by atoms with Crippen molar-refractivity contribution in [1.82, 2.24) is 10.2 Å². The standard InChI is InChI=1S/C32H34F3N5O3/c33-32(34,35)23-8-6-20(7-9-23)24-10-12-28(39-16-14-22(18-39)30(37)42)26-19-40(17-15-25(24)26)31(43)38-27(11-13-29(36)41)21-4-2-1-3-5-21/h1-10,12,22,27H,11,13-19H2,(H2,36,41)(H2,37,42)(H,38,43)/t22-,27+/m1/s1. The van der Waals surface area contributed by atoms with Crippen LogP contribution in [0.1, 0.15) is 47.6 Å². The minimum absolute atomic E-state index is 0.110. The van der Waals surface area contributed by atoms with Gasteiger partial charge in [-0.2, -0.15) is 13.2 Å². The summed E-state index contributed by atoms with van der Waals surface area (Å²) in [5.41, 5.74) is 15.3. The molecule has 3 aromatic rings. The number of alkyl halides is 3. The van der Waals surface area contributed by atoms with Crippen LogP contribution in [-0.4, -0.2) is 42.4 Å². The van der Waals surface area contributed by atoms with Crippen molar-refractivity contribution in [3.05, 3.63) is 89.0 Å². The summed E-state index contributed by atoms with van der Waals surface area (Å²) in [4.78, 5) is 40.8. The highest BCUT2D eigenvalue weighted by Crippen LogP contribution is 2.39. The zero-order chi connectivity index (χ0) is 30.7. The Labute approximate surface area is 247 Å². The summed E-state index contributed by atoms with van der Waals surface area (Å²) in [7, 11) is 0. The first kappa shape index (κ1) is 29.9. The van der Waals surface area contributed by atoms with Crippen molar-refractivity contribution in [2.24, 2.45) is 17.4 Å². The second kappa shape index (κ2) is 12.4. The van der Waals surface area contributed by atoms with Gasteiger partial charge in [-0.1, -0.05) is 48.5 Å². The van der Waals surface area contributed by atoms with Crippen molar-refractivity contribution in [3.8, 4) is 11.1 Å². The lowest BCUT2D eigenvalue weighted by atomic mass is 9.89. The van der Waals surface area contributed by atoms with E-state index in [2.05, 4.69) is 10.2 Å². The number of benzene rings is 3. The fraction of sp³-hybridized carbons (Fsp3) is 0.344. The number of halogens is 3. The number of hydrogen-bond donors (Lipinski definition) is 3. The Hall–Kier alpha value is -4.54. The molecule has 11 heteroatoms. The van der Waals surface area contributed by atoms with Crippen LogP contribution in [-0.2, 0) is 28.7 Å². The number of hydrogen-bond acceptors (Lipinski definition) is 4. The number of carbonyl (C=O) groups is 3. The van der Waals surface area contributed by atoms with Crippen LogP contribution in [0.3, 0.4) is 0 Å². The minimum atomic E-state index is -4.43. The third-order valence-electron chi connectivity index (χ3n) is 8.31. The van der Waals surface area contributed by atoms with Crippen LogP contribution >= 0.6 is 0 Å². The minimum Gasteiger partial charge on any atom is -0.370 e. The summed E-state index contributed by atoms with van der Waals surface area (Å²) in [6, 6.07) is 17.5. The summed E-state index contributed by atoms with van der Waals surface area (Å²) in [5, 5.41) is 3.06. The highest BCUT2D eigenvalue weighted by Gasteiger charge is 2.33. The van der Waals surface area contributed by atoms with Crippen LogP contribution in [0.2, 0.25) is 0 Å². The number of nitrogens with two attached hydrogens (primary N) is 2. The molecular weight excluding hydrogens is 559 g/mol. The first-order valence-electron chi connectivity index (χ1n) is 14.3. The maximum absolute atomic E-state index is 13.6. The van der Waals surface area contributed by atoms with Gasteiger partial charge in [0.2, 0.25) is 11.8 Å². The molecule has 3 aromatic carbocycles. The number of rotatable bonds is 8. The first-order chi connectivity index (χ1) is 20.5. The topological polar surface area (TPSA) is 122 Å². The summed E-state index contributed by atoms with van der Waals surface area (Å²) >= 11 is 0. The average molecular weight is 594 g/mol. The van der Waals surface area contributed by atoms with Crippen LogP contribution < -0.4 is 21.7 Å². The monoisotopic (exact) mass is 593 g/mol. The highest BCUT2D eigenvalue weighted by atomic mass is 19.4. The van der Waals surface area contributed by atoms with E-state index in [1.165, 1.54) is 12.1 Å². The van der Waals surface area contributed by atoms with E-state index in [1.807, 2.05) is 42.5 Å². The van der Waals surface area contributed by atoms with Gasteiger partial charge in [-0.15, -0.1) is 0 Å². The van der Waals surface area contributed by atoms with E-state index < -0.39 is 23.7 Å². The lowest BCUT2D eigenvalue weighted by Crippen LogP contribution is -2.44. The molecule has 43 heavy (non-hydrogen) atoms. The van der Waals surface area contributed by atoms with E-state index in [4.69, 9.17) is 11.5 Å². The molecule has 1 saturated heterocycles. The van der Waals surface area contributed by atoms with E-state index in [1.54, 1.807) is 4.90 Å². The molecule has 1 fully saturated rings.